The van der Waals surface area contributed by atoms with Gasteiger partial charge in [0.2, 0.25) is 5.91 Å². The molecule has 7 heteroatoms. The average molecular weight is 330 g/mol. The molecule has 0 saturated carbocycles. The molecule has 2 aromatic rings. The molecule has 106 valence electrons. The highest BCUT2D eigenvalue weighted by Gasteiger charge is 2.12. The van der Waals surface area contributed by atoms with Crippen molar-refractivity contribution >= 4 is 40.9 Å². The summed E-state index contributed by atoms with van der Waals surface area (Å²) in [7, 11) is 1.76. The lowest BCUT2D eigenvalue weighted by molar-refractivity contribution is -0.127. The topological polar surface area (TPSA) is 49.0 Å². The lowest BCUT2D eigenvalue weighted by Crippen LogP contribution is -2.27. The van der Waals surface area contributed by atoms with Gasteiger partial charge in [-0.3, -0.25) is 9.89 Å². The number of rotatable bonds is 5. The Labute approximate surface area is 131 Å². The Morgan fingerprint density at radius 1 is 1.45 bits per heavy atom. The van der Waals surface area contributed by atoms with Crippen molar-refractivity contribution in [2.75, 3.05) is 12.8 Å². The van der Waals surface area contributed by atoms with E-state index in [2.05, 4.69) is 10.2 Å². The number of benzene rings is 1. The van der Waals surface area contributed by atoms with Crippen LogP contribution in [0.2, 0.25) is 10.0 Å². The van der Waals surface area contributed by atoms with E-state index in [0.29, 0.717) is 22.3 Å². The molecule has 20 heavy (non-hydrogen) atoms. The summed E-state index contributed by atoms with van der Waals surface area (Å²) >= 11 is 13.3. The summed E-state index contributed by atoms with van der Waals surface area (Å²) < 4.78 is 0. The second kappa shape index (κ2) is 7.02. The number of thioether (sulfide) groups is 1. The first-order chi connectivity index (χ1) is 9.56. The van der Waals surface area contributed by atoms with Crippen molar-refractivity contribution in [2.45, 2.75) is 11.4 Å². The SMILES string of the molecule is CN(Cc1cn[nH]c1)C(=O)CSc1cc(Cl)ccc1Cl. The summed E-state index contributed by atoms with van der Waals surface area (Å²) in [5.74, 6) is 0.334. The van der Waals surface area contributed by atoms with Crippen molar-refractivity contribution in [1.82, 2.24) is 15.1 Å². The lowest BCUT2D eigenvalue weighted by Gasteiger charge is -2.16. The van der Waals surface area contributed by atoms with Crippen molar-refractivity contribution in [2.24, 2.45) is 0 Å². The van der Waals surface area contributed by atoms with E-state index in [9.17, 15) is 4.79 Å². The average Bonchev–Trinajstić information content (AvgIpc) is 2.92. The Bertz CT molecular complexity index is 589. The number of hydrogen-bond acceptors (Lipinski definition) is 3. The van der Waals surface area contributed by atoms with Crippen LogP contribution in [0.4, 0.5) is 0 Å². The van der Waals surface area contributed by atoms with Crippen molar-refractivity contribution in [1.29, 1.82) is 0 Å². The maximum Gasteiger partial charge on any atom is 0.232 e. The predicted molar refractivity (Wildman–Crippen MR) is 82.2 cm³/mol. The van der Waals surface area contributed by atoms with Crippen molar-refractivity contribution in [3.63, 3.8) is 0 Å². The Morgan fingerprint density at radius 3 is 2.95 bits per heavy atom. The fraction of sp³-hybridized carbons (Fsp3) is 0.231. The summed E-state index contributed by atoms with van der Waals surface area (Å²) in [6.45, 7) is 0.527. The minimum Gasteiger partial charge on any atom is -0.341 e. The molecule has 0 fully saturated rings. The van der Waals surface area contributed by atoms with E-state index >= 15 is 0 Å². The number of halogens is 2. The largest absolute Gasteiger partial charge is 0.341 e. The summed E-state index contributed by atoms with van der Waals surface area (Å²) in [5, 5.41) is 7.78. The molecular formula is C13H13Cl2N3OS. The van der Waals surface area contributed by atoms with Crippen LogP contribution in [0.5, 0.6) is 0 Å². The van der Waals surface area contributed by atoms with E-state index in [-0.39, 0.29) is 5.91 Å². The zero-order valence-electron chi connectivity index (χ0n) is 10.8. The third-order valence-electron chi connectivity index (χ3n) is 2.64. The van der Waals surface area contributed by atoms with E-state index in [1.807, 2.05) is 0 Å². The molecule has 1 N–H and O–H groups in total. The summed E-state index contributed by atoms with van der Waals surface area (Å²) in [6, 6.07) is 5.21. The molecule has 0 aliphatic rings. The molecule has 0 bridgehead atoms. The zero-order chi connectivity index (χ0) is 14.5. The number of hydrogen-bond donors (Lipinski definition) is 1. The van der Waals surface area contributed by atoms with Crippen LogP contribution < -0.4 is 0 Å². The van der Waals surface area contributed by atoms with E-state index in [1.54, 1.807) is 42.5 Å². The Kier molecular flexibility index (Phi) is 5.34. The van der Waals surface area contributed by atoms with Gasteiger partial charge in [-0.05, 0) is 18.2 Å². The lowest BCUT2D eigenvalue weighted by atomic mass is 10.3. The first kappa shape index (κ1) is 15.2. The first-order valence-corrected chi connectivity index (χ1v) is 7.60. The summed E-state index contributed by atoms with van der Waals surface area (Å²) in [6.07, 6.45) is 3.47. The summed E-state index contributed by atoms with van der Waals surface area (Å²) in [4.78, 5) is 14.5. The molecule has 0 aliphatic heterocycles. The second-order valence-corrected chi connectivity index (χ2v) is 6.08. The number of H-pyrrole nitrogens is 1. The van der Waals surface area contributed by atoms with Gasteiger partial charge in [-0.25, -0.2) is 0 Å². The molecule has 1 aromatic carbocycles. The van der Waals surface area contributed by atoms with Gasteiger partial charge in [0.15, 0.2) is 0 Å². The Morgan fingerprint density at radius 2 is 2.25 bits per heavy atom. The van der Waals surface area contributed by atoms with Gasteiger partial charge in [-0.2, -0.15) is 5.10 Å². The van der Waals surface area contributed by atoms with Crippen LogP contribution in [0.3, 0.4) is 0 Å². The molecule has 4 nitrogen and oxygen atoms in total. The standard InChI is InChI=1S/C13H13Cl2N3OS/c1-18(7-9-5-16-17-6-9)13(19)8-20-12-4-10(14)2-3-11(12)15/h2-6H,7-8H2,1H3,(H,16,17). The first-order valence-electron chi connectivity index (χ1n) is 5.85. The van der Waals surface area contributed by atoms with Crippen LogP contribution >= 0.6 is 35.0 Å². The number of aromatic amines is 1. The maximum atomic E-state index is 12.0. The molecule has 0 radical (unpaired) electrons. The van der Waals surface area contributed by atoms with Crippen LogP contribution in [0.1, 0.15) is 5.56 Å². The fourth-order valence-electron chi connectivity index (χ4n) is 1.56. The minimum absolute atomic E-state index is 0.0206. The van der Waals surface area contributed by atoms with Gasteiger partial charge < -0.3 is 4.90 Å². The molecule has 0 spiro atoms. The molecule has 0 unspecified atom stereocenters. The number of nitrogens with zero attached hydrogens (tertiary/aromatic N) is 2. The molecular weight excluding hydrogens is 317 g/mol. The maximum absolute atomic E-state index is 12.0. The number of nitrogens with one attached hydrogen (secondary N) is 1. The monoisotopic (exact) mass is 329 g/mol. The highest BCUT2D eigenvalue weighted by molar-refractivity contribution is 8.00. The third kappa shape index (κ3) is 4.16. The molecule has 0 saturated heterocycles. The van der Waals surface area contributed by atoms with Crippen molar-refractivity contribution in [3.8, 4) is 0 Å². The van der Waals surface area contributed by atoms with E-state index in [1.165, 1.54) is 11.8 Å². The Balaban J connectivity index is 1.89. The second-order valence-electron chi connectivity index (χ2n) is 4.22. The minimum atomic E-state index is 0.0206. The van der Waals surface area contributed by atoms with Crippen LogP contribution in [0.25, 0.3) is 0 Å². The van der Waals surface area contributed by atoms with E-state index in [0.717, 1.165) is 10.5 Å². The van der Waals surface area contributed by atoms with E-state index in [4.69, 9.17) is 23.2 Å². The third-order valence-corrected chi connectivity index (χ3v) is 4.36. The molecule has 0 atom stereocenters. The zero-order valence-corrected chi connectivity index (χ0v) is 13.1. The normalized spacial score (nSPS) is 10.6. The number of carbonyl (C=O) groups is 1. The molecule has 1 amide bonds. The smallest absolute Gasteiger partial charge is 0.232 e. The number of aromatic nitrogens is 2. The molecule has 1 aromatic heterocycles. The van der Waals surface area contributed by atoms with Crippen molar-refractivity contribution < 1.29 is 4.79 Å². The fourth-order valence-corrected chi connectivity index (χ4v) is 3.00. The molecule has 2 rings (SSSR count). The summed E-state index contributed by atoms with van der Waals surface area (Å²) in [5.41, 5.74) is 0.964. The van der Waals surface area contributed by atoms with Crippen LogP contribution in [0.15, 0.2) is 35.5 Å². The molecule has 0 aliphatic carbocycles. The van der Waals surface area contributed by atoms with E-state index < -0.39 is 0 Å². The molecule has 1 heterocycles. The number of carbonyl (C=O) groups excluding carboxylic acids is 1. The van der Waals surface area contributed by atoms with Crippen LogP contribution in [-0.2, 0) is 11.3 Å². The highest BCUT2D eigenvalue weighted by atomic mass is 35.5. The number of amides is 1. The van der Waals surface area contributed by atoms with Crippen molar-refractivity contribution in [3.05, 3.63) is 46.2 Å². The van der Waals surface area contributed by atoms with Crippen LogP contribution in [0, 0.1) is 0 Å². The van der Waals surface area contributed by atoms with Gasteiger partial charge >= 0.3 is 0 Å². The van der Waals surface area contributed by atoms with Gasteiger partial charge in [-0.15, -0.1) is 11.8 Å². The highest BCUT2D eigenvalue weighted by Crippen LogP contribution is 2.29. The quantitative estimate of drug-likeness (QED) is 0.854. The van der Waals surface area contributed by atoms with Gasteiger partial charge in [0.25, 0.3) is 0 Å². The Hall–Kier alpha value is -1.17. The van der Waals surface area contributed by atoms with Gasteiger partial charge in [0.1, 0.15) is 0 Å². The van der Waals surface area contributed by atoms with Gasteiger partial charge in [-0.1, -0.05) is 23.2 Å². The van der Waals surface area contributed by atoms with Gasteiger partial charge in [0, 0.05) is 35.3 Å². The predicted octanol–water partition coefficient (Wildman–Crippen LogP) is 3.47. The van der Waals surface area contributed by atoms with Crippen LogP contribution in [-0.4, -0.2) is 33.8 Å². The van der Waals surface area contributed by atoms with Gasteiger partial charge in [0.05, 0.1) is 17.0 Å².